The summed E-state index contributed by atoms with van der Waals surface area (Å²) < 4.78 is 25.7. The number of carbonyl (C=O) groups excluding carboxylic acids is 1. The number of para-hydroxylation sites is 1. The fraction of sp³-hybridized carbons (Fsp3) is 0.409. The molecule has 2 heterocycles. The highest BCUT2D eigenvalue weighted by Gasteiger charge is 2.27. The average molecular weight is 384 g/mol. The van der Waals surface area contributed by atoms with Crippen LogP contribution in [0.4, 0.5) is 10.1 Å². The number of nitrogens with zero attached hydrogens (tertiary/aromatic N) is 2. The fourth-order valence-electron chi connectivity index (χ4n) is 3.50. The van der Waals surface area contributed by atoms with Crippen molar-refractivity contribution in [2.45, 2.75) is 13.8 Å². The van der Waals surface area contributed by atoms with Gasteiger partial charge in [-0.1, -0.05) is 26.0 Å². The second-order valence-electron chi connectivity index (χ2n) is 8.13. The van der Waals surface area contributed by atoms with E-state index < -0.39 is 0 Å². The molecule has 0 N–H and O–H groups in total. The molecule has 2 aromatic carbocycles. The van der Waals surface area contributed by atoms with Crippen molar-refractivity contribution in [3.63, 3.8) is 0 Å². The highest BCUT2D eigenvalue weighted by atomic mass is 19.1. The fourth-order valence-corrected chi connectivity index (χ4v) is 3.50. The number of hydrogen-bond donors (Lipinski definition) is 0. The van der Waals surface area contributed by atoms with Crippen LogP contribution in [0.5, 0.6) is 11.5 Å². The highest BCUT2D eigenvalue weighted by Crippen LogP contribution is 2.34. The lowest BCUT2D eigenvalue weighted by Gasteiger charge is -2.36. The number of fused-ring (bicyclic) bond motifs is 1. The normalized spacial score (nSPS) is 18.5. The van der Waals surface area contributed by atoms with Crippen LogP contribution in [0.25, 0.3) is 0 Å². The third-order valence-corrected chi connectivity index (χ3v) is 5.19. The van der Waals surface area contributed by atoms with Gasteiger partial charge < -0.3 is 19.3 Å². The van der Waals surface area contributed by atoms with E-state index >= 15 is 0 Å². The molecular weight excluding hydrogens is 359 g/mol. The Labute approximate surface area is 164 Å². The van der Waals surface area contributed by atoms with Crippen LogP contribution in [-0.2, 0) is 0 Å². The number of carbonyl (C=O) groups is 1. The third kappa shape index (κ3) is 3.77. The number of piperazine rings is 1. The summed E-state index contributed by atoms with van der Waals surface area (Å²) in [6.07, 6.45) is 0. The molecule has 1 amide bonds. The van der Waals surface area contributed by atoms with Crippen LogP contribution < -0.4 is 14.4 Å². The van der Waals surface area contributed by atoms with Gasteiger partial charge in [-0.15, -0.1) is 0 Å². The zero-order valence-electron chi connectivity index (χ0n) is 16.3. The molecule has 0 atom stereocenters. The summed E-state index contributed by atoms with van der Waals surface area (Å²) in [5, 5.41) is 0. The van der Waals surface area contributed by atoms with E-state index in [1.54, 1.807) is 35.2 Å². The van der Waals surface area contributed by atoms with Crippen molar-refractivity contribution in [1.82, 2.24) is 4.90 Å². The van der Waals surface area contributed by atoms with E-state index in [0.29, 0.717) is 62.1 Å². The number of ether oxygens (including phenoxy) is 2. The first-order valence-electron chi connectivity index (χ1n) is 9.61. The SMILES string of the molecule is CC1(C)COc2ccc(C(=O)N3CCN(c4ccccc4F)CC3)cc2OC1. The number of anilines is 1. The summed E-state index contributed by atoms with van der Waals surface area (Å²) in [5.41, 5.74) is 1.10. The van der Waals surface area contributed by atoms with Crippen molar-refractivity contribution in [2.75, 3.05) is 44.3 Å². The minimum Gasteiger partial charge on any atom is -0.489 e. The van der Waals surface area contributed by atoms with Crippen molar-refractivity contribution in [1.29, 1.82) is 0 Å². The third-order valence-electron chi connectivity index (χ3n) is 5.19. The van der Waals surface area contributed by atoms with Crippen LogP contribution in [0.3, 0.4) is 0 Å². The molecule has 5 nitrogen and oxygen atoms in total. The quantitative estimate of drug-likeness (QED) is 0.794. The molecule has 4 rings (SSSR count). The first-order valence-corrected chi connectivity index (χ1v) is 9.61. The first kappa shape index (κ1) is 18.6. The first-order chi connectivity index (χ1) is 13.4. The Morgan fingerprint density at radius 3 is 2.36 bits per heavy atom. The Bertz CT molecular complexity index is 876. The number of halogens is 1. The highest BCUT2D eigenvalue weighted by molar-refractivity contribution is 5.95. The molecule has 2 aliphatic heterocycles. The predicted octanol–water partition coefficient (Wildman–Crippen LogP) is 3.59. The Kier molecular flexibility index (Phi) is 4.87. The van der Waals surface area contributed by atoms with Gasteiger partial charge in [-0.25, -0.2) is 4.39 Å². The van der Waals surface area contributed by atoms with E-state index in [2.05, 4.69) is 13.8 Å². The molecule has 2 aromatic rings. The maximum atomic E-state index is 14.0. The van der Waals surface area contributed by atoms with Gasteiger partial charge in [0, 0.05) is 37.2 Å². The van der Waals surface area contributed by atoms with Crippen molar-refractivity contribution >= 4 is 11.6 Å². The molecule has 0 aliphatic carbocycles. The van der Waals surface area contributed by atoms with Crippen LogP contribution in [0.2, 0.25) is 0 Å². The van der Waals surface area contributed by atoms with Gasteiger partial charge in [0.2, 0.25) is 0 Å². The molecule has 2 aliphatic rings. The van der Waals surface area contributed by atoms with Crippen LogP contribution in [0.1, 0.15) is 24.2 Å². The Balaban J connectivity index is 1.44. The number of amides is 1. The predicted molar refractivity (Wildman–Crippen MR) is 106 cm³/mol. The average Bonchev–Trinajstić information content (AvgIpc) is 2.86. The van der Waals surface area contributed by atoms with Gasteiger partial charge in [-0.3, -0.25) is 4.79 Å². The molecule has 0 bridgehead atoms. The Morgan fingerprint density at radius 2 is 1.64 bits per heavy atom. The molecule has 0 saturated carbocycles. The molecule has 6 heteroatoms. The molecule has 0 radical (unpaired) electrons. The minimum atomic E-state index is -0.229. The molecular formula is C22H25FN2O3. The van der Waals surface area contributed by atoms with Gasteiger partial charge in [-0.05, 0) is 30.3 Å². The molecule has 0 unspecified atom stereocenters. The Hall–Kier alpha value is -2.76. The van der Waals surface area contributed by atoms with Crippen LogP contribution in [0.15, 0.2) is 42.5 Å². The van der Waals surface area contributed by atoms with Crippen molar-refractivity contribution in [2.24, 2.45) is 5.41 Å². The van der Waals surface area contributed by atoms with Gasteiger partial charge in [0.15, 0.2) is 11.5 Å². The molecule has 0 spiro atoms. The van der Waals surface area contributed by atoms with E-state index in [4.69, 9.17) is 9.47 Å². The molecule has 0 aromatic heterocycles. The maximum Gasteiger partial charge on any atom is 0.254 e. The molecule has 1 saturated heterocycles. The van der Waals surface area contributed by atoms with Gasteiger partial charge >= 0.3 is 0 Å². The number of rotatable bonds is 2. The lowest BCUT2D eigenvalue weighted by atomic mass is 9.97. The van der Waals surface area contributed by atoms with E-state index in [0.717, 1.165) is 0 Å². The van der Waals surface area contributed by atoms with E-state index in [9.17, 15) is 9.18 Å². The lowest BCUT2D eigenvalue weighted by Crippen LogP contribution is -2.49. The molecule has 148 valence electrons. The summed E-state index contributed by atoms with van der Waals surface area (Å²) in [6.45, 7) is 7.59. The standard InChI is InChI=1S/C22H25FN2O3/c1-22(2)14-27-19-8-7-16(13-20(19)28-15-22)21(26)25-11-9-24(10-12-25)18-6-4-3-5-17(18)23/h3-8,13H,9-12,14-15H2,1-2H3. The van der Waals surface area contributed by atoms with E-state index in [1.807, 2.05) is 11.0 Å². The largest absolute Gasteiger partial charge is 0.489 e. The van der Waals surface area contributed by atoms with E-state index in [1.165, 1.54) is 6.07 Å². The van der Waals surface area contributed by atoms with E-state index in [-0.39, 0.29) is 17.1 Å². The zero-order valence-corrected chi connectivity index (χ0v) is 16.3. The van der Waals surface area contributed by atoms with Gasteiger partial charge in [-0.2, -0.15) is 0 Å². The van der Waals surface area contributed by atoms with Crippen molar-refractivity contribution in [3.8, 4) is 11.5 Å². The second-order valence-corrected chi connectivity index (χ2v) is 8.13. The topological polar surface area (TPSA) is 42.0 Å². The molecule has 1 fully saturated rings. The second kappa shape index (κ2) is 7.34. The van der Waals surface area contributed by atoms with Crippen LogP contribution in [-0.4, -0.2) is 50.2 Å². The minimum absolute atomic E-state index is 0.0388. The summed E-state index contributed by atoms with van der Waals surface area (Å²) in [7, 11) is 0. The smallest absolute Gasteiger partial charge is 0.254 e. The summed E-state index contributed by atoms with van der Waals surface area (Å²) >= 11 is 0. The summed E-state index contributed by atoms with van der Waals surface area (Å²) in [4.78, 5) is 16.7. The monoisotopic (exact) mass is 384 g/mol. The maximum absolute atomic E-state index is 14.0. The van der Waals surface area contributed by atoms with Gasteiger partial charge in [0.1, 0.15) is 5.82 Å². The van der Waals surface area contributed by atoms with Crippen LogP contribution >= 0.6 is 0 Å². The number of benzene rings is 2. The summed E-state index contributed by atoms with van der Waals surface area (Å²) in [6, 6.07) is 12.1. The molecule has 28 heavy (non-hydrogen) atoms. The summed E-state index contributed by atoms with van der Waals surface area (Å²) in [5.74, 6) is 1.02. The van der Waals surface area contributed by atoms with Crippen LogP contribution in [0, 0.1) is 11.2 Å². The van der Waals surface area contributed by atoms with Gasteiger partial charge in [0.25, 0.3) is 5.91 Å². The van der Waals surface area contributed by atoms with Crippen molar-refractivity contribution in [3.05, 3.63) is 53.8 Å². The van der Waals surface area contributed by atoms with Gasteiger partial charge in [0.05, 0.1) is 18.9 Å². The number of hydrogen-bond acceptors (Lipinski definition) is 4. The van der Waals surface area contributed by atoms with Crippen molar-refractivity contribution < 1.29 is 18.7 Å². The zero-order chi connectivity index (χ0) is 19.7. The Morgan fingerprint density at radius 1 is 0.964 bits per heavy atom. The lowest BCUT2D eigenvalue weighted by molar-refractivity contribution is 0.0746.